The lowest BCUT2D eigenvalue weighted by atomic mass is 9.98. The summed E-state index contributed by atoms with van der Waals surface area (Å²) >= 11 is 1.90. The number of halogens is 2. The van der Waals surface area contributed by atoms with Gasteiger partial charge in [-0.05, 0) is 57.5 Å². The molecule has 1 aliphatic heterocycles. The highest BCUT2D eigenvalue weighted by atomic mass is 35.5. The van der Waals surface area contributed by atoms with Gasteiger partial charge in [-0.25, -0.2) is 0 Å². The van der Waals surface area contributed by atoms with Crippen molar-refractivity contribution in [3.05, 3.63) is 21.9 Å². The van der Waals surface area contributed by atoms with Crippen LogP contribution in [0, 0.1) is 12.8 Å². The molecule has 0 saturated carbocycles. The predicted molar refractivity (Wildman–Crippen MR) is 66.4 cm³/mol. The number of aryl methyl sites for hydroxylation is 1. The van der Waals surface area contributed by atoms with E-state index in [4.69, 9.17) is 0 Å². The molecule has 0 spiro atoms. The molecule has 0 aromatic carbocycles. The second-order valence-corrected chi connectivity index (χ2v) is 5.71. The minimum atomic E-state index is 0. The van der Waals surface area contributed by atoms with Gasteiger partial charge in [-0.1, -0.05) is 0 Å². The summed E-state index contributed by atoms with van der Waals surface area (Å²) in [4.78, 5) is 2.87. The average molecular weight is 295 g/mol. The topological polar surface area (TPSA) is 24.1 Å². The van der Waals surface area contributed by atoms with E-state index in [-0.39, 0.29) is 24.8 Å². The first kappa shape index (κ1) is 17.2. The van der Waals surface area contributed by atoms with Crippen molar-refractivity contribution in [3.63, 3.8) is 0 Å². The highest BCUT2D eigenvalue weighted by molar-refractivity contribution is 7.11. The van der Waals surface area contributed by atoms with E-state index < -0.39 is 0 Å². The summed E-state index contributed by atoms with van der Waals surface area (Å²) in [5.74, 6) is 0.882. The lowest BCUT2D eigenvalue weighted by Crippen LogP contribution is -3.00. The third-order valence-corrected chi connectivity index (χ3v) is 3.99. The Kier molecular flexibility index (Phi) is 9.28. The highest BCUT2D eigenvalue weighted by Gasteiger charge is 2.11. The van der Waals surface area contributed by atoms with Gasteiger partial charge in [0.1, 0.15) is 0 Å². The molecular weight excluding hydrogens is 275 g/mol. The van der Waals surface area contributed by atoms with Gasteiger partial charge in [0.15, 0.2) is 0 Å². The molecule has 1 aromatic rings. The molecule has 2 nitrogen and oxygen atoms in total. The number of hydrogen-bond donors (Lipinski definition) is 2. The van der Waals surface area contributed by atoms with Crippen LogP contribution in [-0.2, 0) is 6.54 Å². The van der Waals surface area contributed by atoms with Gasteiger partial charge in [0.05, 0.1) is 0 Å². The van der Waals surface area contributed by atoms with Gasteiger partial charge in [0.2, 0.25) is 0 Å². The highest BCUT2D eigenvalue weighted by Crippen LogP contribution is 2.15. The lowest BCUT2D eigenvalue weighted by molar-refractivity contribution is -0.001000. The van der Waals surface area contributed by atoms with Crippen LogP contribution in [0.4, 0.5) is 0 Å². The van der Waals surface area contributed by atoms with Gasteiger partial charge < -0.3 is 35.4 Å². The number of thiophene rings is 1. The summed E-state index contributed by atoms with van der Waals surface area (Å²) in [5, 5.41) is 6.97. The van der Waals surface area contributed by atoms with Crippen molar-refractivity contribution in [2.75, 3.05) is 19.6 Å². The second-order valence-electron chi connectivity index (χ2n) is 4.34. The Hall–Kier alpha value is 0.200. The molecule has 5 heteroatoms. The Labute approximate surface area is 120 Å². The summed E-state index contributed by atoms with van der Waals surface area (Å²) in [7, 11) is 0. The molecule has 0 amide bonds. The van der Waals surface area contributed by atoms with E-state index in [0.29, 0.717) is 0 Å². The smallest absolute Gasteiger partial charge is 0.0299 e. The Balaban J connectivity index is 0.00000128. The fourth-order valence-corrected chi connectivity index (χ4v) is 2.93. The maximum absolute atomic E-state index is 3.57. The predicted octanol–water partition coefficient (Wildman–Crippen LogP) is -3.85. The standard InChI is InChI=1S/C12H20N2S.2ClH/c1-10-2-3-12(15-10)9-14-8-11-4-6-13-7-5-11;;/h2-3,11,13-14H,4-9H2,1H3;2*1H/p-2. The van der Waals surface area contributed by atoms with Gasteiger partial charge in [0, 0.05) is 16.3 Å². The van der Waals surface area contributed by atoms with Gasteiger partial charge >= 0.3 is 0 Å². The van der Waals surface area contributed by atoms with Crippen LogP contribution in [-0.4, -0.2) is 19.6 Å². The van der Waals surface area contributed by atoms with E-state index in [0.717, 1.165) is 12.5 Å². The van der Waals surface area contributed by atoms with Gasteiger partial charge in [-0.3, -0.25) is 0 Å². The number of hydrogen-bond acceptors (Lipinski definition) is 3. The SMILES string of the molecule is Cc1ccc(CNCC2CCNCC2)s1.[Cl-].[Cl-]. The van der Waals surface area contributed by atoms with E-state index >= 15 is 0 Å². The molecule has 1 aromatic heterocycles. The Morgan fingerprint density at radius 1 is 1.29 bits per heavy atom. The first-order valence-corrected chi connectivity index (χ1v) is 6.63. The van der Waals surface area contributed by atoms with Crippen LogP contribution in [0.25, 0.3) is 0 Å². The van der Waals surface area contributed by atoms with Crippen molar-refractivity contribution in [2.24, 2.45) is 5.92 Å². The summed E-state index contributed by atoms with van der Waals surface area (Å²) in [6, 6.07) is 4.43. The van der Waals surface area contributed by atoms with Crippen LogP contribution < -0.4 is 35.4 Å². The normalized spacial score (nSPS) is 16.1. The Bertz CT molecular complexity index is 298. The summed E-state index contributed by atoms with van der Waals surface area (Å²) < 4.78 is 0. The minimum Gasteiger partial charge on any atom is -1.00 e. The van der Waals surface area contributed by atoms with Crippen molar-refractivity contribution in [3.8, 4) is 0 Å². The molecule has 17 heavy (non-hydrogen) atoms. The molecule has 0 aliphatic carbocycles. The van der Waals surface area contributed by atoms with Crippen LogP contribution in [0.2, 0.25) is 0 Å². The molecule has 2 N–H and O–H groups in total. The number of nitrogens with one attached hydrogen (secondary N) is 2. The first-order valence-electron chi connectivity index (χ1n) is 5.81. The van der Waals surface area contributed by atoms with Crippen molar-refractivity contribution >= 4 is 11.3 Å². The molecule has 0 atom stereocenters. The zero-order valence-corrected chi connectivity index (χ0v) is 12.5. The Morgan fingerprint density at radius 2 is 2.00 bits per heavy atom. The Morgan fingerprint density at radius 3 is 2.59 bits per heavy atom. The van der Waals surface area contributed by atoms with Crippen LogP contribution in [0.5, 0.6) is 0 Å². The van der Waals surface area contributed by atoms with Gasteiger partial charge in [-0.15, -0.1) is 11.3 Å². The van der Waals surface area contributed by atoms with E-state index in [1.54, 1.807) is 0 Å². The molecule has 1 aliphatic rings. The third-order valence-electron chi connectivity index (χ3n) is 2.99. The molecule has 2 rings (SSSR count). The van der Waals surface area contributed by atoms with Crippen LogP contribution in [0.15, 0.2) is 12.1 Å². The molecule has 1 saturated heterocycles. The van der Waals surface area contributed by atoms with Crippen LogP contribution in [0.1, 0.15) is 22.6 Å². The van der Waals surface area contributed by atoms with Crippen LogP contribution >= 0.6 is 11.3 Å². The maximum Gasteiger partial charge on any atom is 0.0299 e. The largest absolute Gasteiger partial charge is 1.00 e. The van der Waals surface area contributed by atoms with E-state index in [1.165, 1.54) is 42.2 Å². The van der Waals surface area contributed by atoms with Crippen molar-refractivity contribution in [2.45, 2.75) is 26.3 Å². The summed E-state index contributed by atoms with van der Waals surface area (Å²) in [6.45, 7) is 6.79. The fourth-order valence-electron chi connectivity index (χ4n) is 2.07. The zero-order valence-electron chi connectivity index (χ0n) is 10.1. The molecule has 1 fully saturated rings. The third kappa shape index (κ3) is 6.07. The first-order chi connectivity index (χ1) is 7.34. The van der Waals surface area contributed by atoms with Gasteiger partial charge in [-0.2, -0.15) is 0 Å². The van der Waals surface area contributed by atoms with Crippen molar-refractivity contribution in [1.29, 1.82) is 0 Å². The molecule has 2 heterocycles. The lowest BCUT2D eigenvalue weighted by Gasteiger charge is -2.22. The zero-order chi connectivity index (χ0) is 10.5. The molecule has 0 radical (unpaired) electrons. The van der Waals surface area contributed by atoms with Crippen molar-refractivity contribution in [1.82, 2.24) is 10.6 Å². The maximum atomic E-state index is 3.57. The van der Waals surface area contributed by atoms with E-state index in [1.807, 2.05) is 11.3 Å². The van der Waals surface area contributed by atoms with Gasteiger partial charge in [0.25, 0.3) is 0 Å². The summed E-state index contributed by atoms with van der Waals surface area (Å²) in [6.07, 6.45) is 2.66. The molecule has 100 valence electrons. The fraction of sp³-hybridized carbons (Fsp3) is 0.667. The number of piperidine rings is 1. The molecule has 0 bridgehead atoms. The summed E-state index contributed by atoms with van der Waals surface area (Å²) in [5.41, 5.74) is 0. The van der Waals surface area contributed by atoms with Crippen LogP contribution in [0.3, 0.4) is 0 Å². The van der Waals surface area contributed by atoms with E-state index in [9.17, 15) is 0 Å². The minimum absolute atomic E-state index is 0. The van der Waals surface area contributed by atoms with Crippen molar-refractivity contribution < 1.29 is 24.8 Å². The molecular formula is C12H20Cl2N2S-2. The number of rotatable bonds is 4. The second kappa shape index (κ2) is 9.17. The average Bonchev–Trinajstić information content (AvgIpc) is 2.66. The molecule has 0 unspecified atom stereocenters. The quantitative estimate of drug-likeness (QED) is 0.594. The van der Waals surface area contributed by atoms with E-state index in [2.05, 4.69) is 29.7 Å². The monoisotopic (exact) mass is 294 g/mol.